The van der Waals surface area contributed by atoms with Gasteiger partial charge < -0.3 is 9.73 Å². The fourth-order valence-electron chi connectivity index (χ4n) is 3.48. The largest absolute Gasteiger partial charge is 0.472 e. The molecule has 10 nitrogen and oxygen atoms in total. The lowest BCUT2D eigenvalue weighted by atomic mass is 10.0. The molecule has 0 unspecified atom stereocenters. The van der Waals surface area contributed by atoms with Crippen LogP contribution >= 0.6 is 0 Å². The number of nitrogens with one attached hydrogen (secondary N) is 1. The molecule has 30 heavy (non-hydrogen) atoms. The van der Waals surface area contributed by atoms with Gasteiger partial charge in [-0.05, 0) is 31.0 Å². The van der Waals surface area contributed by atoms with Crippen LogP contribution in [0.4, 0.5) is 5.69 Å². The van der Waals surface area contributed by atoms with Gasteiger partial charge in [-0.3, -0.25) is 4.55 Å². The van der Waals surface area contributed by atoms with Gasteiger partial charge >= 0.3 is 0 Å². The first-order valence-corrected chi connectivity index (χ1v) is 13.6. The molecule has 13 heteroatoms. The molecule has 0 radical (unpaired) electrons. The number of benzene rings is 1. The van der Waals surface area contributed by atoms with Crippen molar-refractivity contribution in [1.82, 2.24) is 0 Å². The Kier molecular flexibility index (Phi) is 6.30. The molecule has 0 amide bonds. The van der Waals surface area contributed by atoms with E-state index < -0.39 is 49.9 Å². The van der Waals surface area contributed by atoms with Gasteiger partial charge in [-0.15, -0.1) is 0 Å². The molecular weight excluding hydrogens is 456 g/mol. The standard InChI is InChI=1S/C17H22N2O8S3/c18-29(22,23)17-9-15(30(24,25)26)14(19-10-12-6-7-27-11-12)8-16(17)28(20,21)13-4-2-1-3-5-13/h6-9,11,13,19H,1-5,10H2,(H2,18,22,23)(H,24,25,26). The second-order valence-electron chi connectivity index (χ2n) is 7.11. The van der Waals surface area contributed by atoms with Crippen LogP contribution in [0.2, 0.25) is 0 Å². The summed E-state index contributed by atoms with van der Waals surface area (Å²) in [6.45, 7) is 0.0384. The molecule has 0 atom stereocenters. The van der Waals surface area contributed by atoms with Crippen LogP contribution in [-0.2, 0) is 36.5 Å². The molecule has 0 spiro atoms. The minimum absolute atomic E-state index is 0.0384. The van der Waals surface area contributed by atoms with E-state index in [0.29, 0.717) is 37.3 Å². The van der Waals surface area contributed by atoms with Crippen LogP contribution < -0.4 is 10.5 Å². The van der Waals surface area contributed by atoms with Crippen molar-refractivity contribution < 1.29 is 34.2 Å². The van der Waals surface area contributed by atoms with Crippen molar-refractivity contribution >= 4 is 35.7 Å². The van der Waals surface area contributed by atoms with Crippen molar-refractivity contribution in [3.05, 3.63) is 36.3 Å². The van der Waals surface area contributed by atoms with Gasteiger partial charge in [0.2, 0.25) is 10.0 Å². The Morgan fingerprint density at radius 3 is 2.20 bits per heavy atom. The minimum Gasteiger partial charge on any atom is -0.472 e. The van der Waals surface area contributed by atoms with Gasteiger partial charge in [-0.2, -0.15) is 8.42 Å². The zero-order valence-corrected chi connectivity index (χ0v) is 18.3. The summed E-state index contributed by atoms with van der Waals surface area (Å²) < 4.78 is 88.9. The summed E-state index contributed by atoms with van der Waals surface area (Å²) in [5.74, 6) is 0. The van der Waals surface area contributed by atoms with Crippen LogP contribution in [0.15, 0.2) is 49.8 Å². The maximum absolute atomic E-state index is 13.2. The number of sulfone groups is 1. The van der Waals surface area contributed by atoms with Crippen molar-refractivity contribution in [2.75, 3.05) is 5.32 Å². The third kappa shape index (κ3) is 4.86. The summed E-state index contributed by atoms with van der Waals surface area (Å²) in [7, 11) is -13.6. The smallest absolute Gasteiger partial charge is 0.296 e. The number of hydrogen-bond acceptors (Lipinski definition) is 8. The third-order valence-electron chi connectivity index (χ3n) is 4.99. The molecule has 1 aliphatic rings. The van der Waals surface area contributed by atoms with E-state index in [1.165, 1.54) is 12.5 Å². The van der Waals surface area contributed by atoms with Gasteiger partial charge in [0.15, 0.2) is 9.84 Å². The summed E-state index contributed by atoms with van der Waals surface area (Å²) >= 11 is 0. The Balaban J connectivity index is 2.20. The van der Waals surface area contributed by atoms with Crippen molar-refractivity contribution in [2.45, 2.75) is 58.6 Å². The molecule has 1 aromatic carbocycles. The zero-order chi connectivity index (χ0) is 22.2. The van der Waals surface area contributed by atoms with Crippen LogP contribution in [0.1, 0.15) is 37.7 Å². The molecule has 3 rings (SSSR count). The van der Waals surface area contributed by atoms with Crippen LogP contribution in [0, 0.1) is 0 Å². The number of rotatable bonds is 7. The van der Waals surface area contributed by atoms with Crippen molar-refractivity contribution in [2.24, 2.45) is 5.14 Å². The van der Waals surface area contributed by atoms with Crippen molar-refractivity contribution in [3.63, 3.8) is 0 Å². The molecule has 1 fully saturated rings. The second-order valence-corrected chi connectivity index (χ2v) is 12.2. The highest BCUT2D eigenvalue weighted by molar-refractivity contribution is 7.94. The number of sulfonamides is 1. The second kappa shape index (κ2) is 8.30. The number of primary sulfonamides is 1. The molecule has 1 heterocycles. The molecule has 0 aliphatic heterocycles. The minimum atomic E-state index is -4.90. The molecule has 0 bridgehead atoms. The highest BCUT2D eigenvalue weighted by atomic mass is 32.2. The monoisotopic (exact) mass is 478 g/mol. The maximum Gasteiger partial charge on any atom is 0.296 e. The van der Waals surface area contributed by atoms with Gasteiger partial charge in [-0.25, -0.2) is 22.0 Å². The molecule has 1 aliphatic carbocycles. The van der Waals surface area contributed by atoms with E-state index >= 15 is 0 Å². The topological polar surface area (TPSA) is 174 Å². The Labute approximate surface area is 175 Å². The summed E-state index contributed by atoms with van der Waals surface area (Å²) in [6, 6.07) is 3.09. The summed E-state index contributed by atoms with van der Waals surface area (Å²) in [4.78, 5) is -2.24. The van der Waals surface area contributed by atoms with E-state index in [9.17, 15) is 29.8 Å². The Morgan fingerprint density at radius 2 is 1.67 bits per heavy atom. The molecule has 166 valence electrons. The van der Waals surface area contributed by atoms with Crippen molar-refractivity contribution in [3.8, 4) is 0 Å². The van der Waals surface area contributed by atoms with Gasteiger partial charge in [0.1, 0.15) is 9.79 Å². The van der Waals surface area contributed by atoms with Crippen molar-refractivity contribution in [1.29, 1.82) is 0 Å². The average molecular weight is 479 g/mol. The van der Waals surface area contributed by atoms with E-state index in [1.54, 1.807) is 6.07 Å². The van der Waals surface area contributed by atoms with E-state index in [0.717, 1.165) is 12.5 Å². The number of anilines is 1. The normalized spacial score (nSPS) is 16.5. The predicted octanol–water partition coefficient (Wildman–Crippen LogP) is 1.89. The molecule has 4 N–H and O–H groups in total. The van der Waals surface area contributed by atoms with Crippen LogP contribution in [-0.4, -0.2) is 35.1 Å². The van der Waals surface area contributed by atoms with E-state index in [4.69, 9.17) is 9.56 Å². The average Bonchev–Trinajstić information content (AvgIpc) is 3.18. The quantitative estimate of drug-likeness (QED) is 0.502. The lowest BCUT2D eigenvalue weighted by Gasteiger charge is -2.23. The zero-order valence-electron chi connectivity index (χ0n) is 15.8. The Morgan fingerprint density at radius 1 is 1.00 bits per heavy atom. The lowest BCUT2D eigenvalue weighted by molar-refractivity contribution is 0.480. The Hall–Kier alpha value is -1.93. The third-order valence-corrected chi connectivity index (χ3v) is 9.26. The fourth-order valence-corrected chi connectivity index (χ4v) is 7.49. The van der Waals surface area contributed by atoms with Gasteiger partial charge in [0.25, 0.3) is 10.1 Å². The number of nitrogens with two attached hydrogens (primary N) is 1. The van der Waals surface area contributed by atoms with E-state index in [1.807, 2.05) is 0 Å². The highest BCUT2D eigenvalue weighted by Gasteiger charge is 2.35. The van der Waals surface area contributed by atoms with Crippen LogP contribution in [0.3, 0.4) is 0 Å². The Bertz CT molecular complexity index is 1230. The predicted molar refractivity (Wildman–Crippen MR) is 108 cm³/mol. The molecule has 2 aromatic rings. The van der Waals surface area contributed by atoms with Gasteiger partial charge in [-0.1, -0.05) is 19.3 Å². The highest BCUT2D eigenvalue weighted by Crippen LogP contribution is 2.36. The lowest BCUT2D eigenvalue weighted by Crippen LogP contribution is -2.27. The summed E-state index contributed by atoms with van der Waals surface area (Å²) in [6.07, 6.45) is 5.76. The molecule has 1 aromatic heterocycles. The summed E-state index contributed by atoms with van der Waals surface area (Å²) in [5, 5.41) is 7.11. The SMILES string of the molecule is NS(=O)(=O)c1cc(S(=O)(=O)O)c(NCc2ccoc2)cc1S(=O)(=O)C1CCCCC1. The maximum atomic E-state index is 13.2. The van der Waals surface area contributed by atoms with Crippen LogP contribution in [0.25, 0.3) is 0 Å². The fraction of sp³-hybridized carbons (Fsp3) is 0.412. The molecule has 1 saturated carbocycles. The van der Waals surface area contributed by atoms with Gasteiger partial charge in [0, 0.05) is 12.1 Å². The van der Waals surface area contributed by atoms with E-state index in [2.05, 4.69) is 5.32 Å². The number of furan rings is 1. The first-order chi connectivity index (χ1) is 13.9. The van der Waals surface area contributed by atoms with Crippen LogP contribution in [0.5, 0.6) is 0 Å². The molecule has 0 saturated heterocycles. The van der Waals surface area contributed by atoms with E-state index in [-0.39, 0.29) is 12.2 Å². The van der Waals surface area contributed by atoms with Gasteiger partial charge in [0.05, 0.1) is 28.4 Å². The molecular formula is C17H22N2O8S3. The number of hydrogen-bond donors (Lipinski definition) is 3. The summed E-state index contributed by atoms with van der Waals surface area (Å²) in [5.41, 5.74) is 0.351. The first kappa shape index (κ1) is 22.7. The first-order valence-electron chi connectivity index (χ1n) is 9.08.